The van der Waals surface area contributed by atoms with Gasteiger partial charge in [0.05, 0.1) is 5.56 Å². The van der Waals surface area contributed by atoms with Crippen molar-refractivity contribution in [3.63, 3.8) is 0 Å². The van der Waals surface area contributed by atoms with Crippen LogP contribution in [0.1, 0.15) is 39.1 Å². The third kappa shape index (κ3) is 1.90. The fourth-order valence-electron chi connectivity index (χ4n) is 3.06. The Morgan fingerprint density at radius 2 is 2.00 bits per heavy atom. The Balaban J connectivity index is 2.16. The van der Waals surface area contributed by atoms with Crippen molar-refractivity contribution in [2.45, 2.75) is 36.9 Å². The number of carbonyl (C=O) groups is 2. The zero-order valence-electron chi connectivity index (χ0n) is 10.9. The number of aromatic carboxylic acids is 1. The van der Waals surface area contributed by atoms with Gasteiger partial charge in [0.2, 0.25) is 0 Å². The van der Waals surface area contributed by atoms with Crippen molar-refractivity contribution in [3.05, 3.63) is 34.9 Å². The summed E-state index contributed by atoms with van der Waals surface area (Å²) in [6.07, 6.45) is -4.28. The van der Waals surface area contributed by atoms with Crippen molar-refractivity contribution < 1.29 is 34.8 Å². The summed E-state index contributed by atoms with van der Waals surface area (Å²) in [4.78, 5) is 23.0. The summed E-state index contributed by atoms with van der Waals surface area (Å²) in [6.45, 7) is 0. The summed E-state index contributed by atoms with van der Waals surface area (Å²) < 4.78 is 5.35. The summed E-state index contributed by atoms with van der Waals surface area (Å²) in [5, 5.41) is 38.5. The monoisotopic (exact) mass is 294 g/mol. The Kier molecular flexibility index (Phi) is 3.10. The maximum atomic E-state index is 12.0. The summed E-state index contributed by atoms with van der Waals surface area (Å²) >= 11 is 0. The lowest BCUT2D eigenvalue weighted by atomic mass is 9.74. The van der Waals surface area contributed by atoms with Crippen molar-refractivity contribution in [1.82, 2.24) is 0 Å². The van der Waals surface area contributed by atoms with Gasteiger partial charge in [0.15, 0.2) is 12.1 Å². The van der Waals surface area contributed by atoms with Gasteiger partial charge >= 0.3 is 5.97 Å². The molecule has 21 heavy (non-hydrogen) atoms. The van der Waals surface area contributed by atoms with Gasteiger partial charge in [-0.2, -0.15) is 0 Å². The molecule has 0 bridgehead atoms. The van der Waals surface area contributed by atoms with Crippen LogP contribution < -0.4 is 0 Å². The fourth-order valence-corrected chi connectivity index (χ4v) is 3.06. The van der Waals surface area contributed by atoms with Gasteiger partial charge in [0, 0.05) is 12.0 Å². The highest BCUT2D eigenvalue weighted by Crippen LogP contribution is 2.47. The average molecular weight is 294 g/mol. The van der Waals surface area contributed by atoms with Crippen LogP contribution >= 0.6 is 0 Å². The Morgan fingerprint density at radius 1 is 1.29 bits per heavy atom. The molecule has 4 N–H and O–H groups in total. The van der Waals surface area contributed by atoms with E-state index in [1.807, 2.05) is 0 Å². The Hall–Kier alpha value is -1.80. The molecule has 0 saturated carbocycles. The normalized spacial score (nSPS) is 35.0. The van der Waals surface area contributed by atoms with E-state index in [9.17, 15) is 24.9 Å². The molecule has 7 nitrogen and oxygen atoms in total. The molecule has 2 unspecified atom stereocenters. The fraction of sp³-hybridized carbons (Fsp3) is 0.429. The van der Waals surface area contributed by atoms with Gasteiger partial charge in [-0.05, 0) is 24.1 Å². The minimum Gasteiger partial charge on any atom is -0.478 e. The topological polar surface area (TPSA) is 124 Å². The predicted molar refractivity (Wildman–Crippen MR) is 67.7 cm³/mol. The Bertz CT molecular complexity index is 626. The van der Waals surface area contributed by atoms with Crippen molar-refractivity contribution in [2.75, 3.05) is 0 Å². The van der Waals surface area contributed by atoms with E-state index in [1.165, 1.54) is 18.2 Å². The molecular formula is C14H14O7. The van der Waals surface area contributed by atoms with E-state index in [2.05, 4.69) is 0 Å². The third-order valence-corrected chi connectivity index (χ3v) is 4.17. The van der Waals surface area contributed by atoms with E-state index in [-0.39, 0.29) is 29.8 Å². The van der Waals surface area contributed by atoms with Crippen molar-refractivity contribution in [1.29, 1.82) is 0 Å². The quantitative estimate of drug-likeness (QED) is 0.557. The maximum Gasteiger partial charge on any atom is 0.335 e. The van der Waals surface area contributed by atoms with Crippen LogP contribution in [0.5, 0.6) is 0 Å². The van der Waals surface area contributed by atoms with Crippen LogP contribution in [0.15, 0.2) is 18.2 Å². The van der Waals surface area contributed by atoms with Crippen LogP contribution in [0.4, 0.5) is 0 Å². The van der Waals surface area contributed by atoms with Crippen molar-refractivity contribution in [3.8, 4) is 0 Å². The second-order valence-electron chi connectivity index (χ2n) is 5.32. The molecule has 2 aliphatic rings. The van der Waals surface area contributed by atoms with Gasteiger partial charge in [-0.15, -0.1) is 0 Å². The van der Waals surface area contributed by atoms with Gasteiger partial charge in [0.1, 0.15) is 17.8 Å². The number of fused-ring (bicyclic) bond motifs is 2. The summed E-state index contributed by atoms with van der Waals surface area (Å²) in [5.41, 5.74) is -1.000. The number of aliphatic hydroxyl groups is 3. The minimum absolute atomic E-state index is 0.0343. The first kappa shape index (κ1) is 14.2. The lowest BCUT2D eigenvalue weighted by Crippen LogP contribution is -2.44. The van der Waals surface area contributed by atoms with Gasteiger partial charge in [-0.25, -0.2) is 4.79 Å². The summed E-state index contributed by atoms with van der Waals surface area (Å²) in [6, 6.07) is 3.92. The number of hydrogen-bond donors (Lipinski definition) is 4. The van der Waals surface area contributed by atoms with Crippen LogP contribution in [0.2, 0.25) is 0 Å². The molecule has 0 radical (unpaired) electrons. The zero-order valence-corrected chi connectivity index (χ0v) is 10.9. The predicted octanol–water partition coefficient (Wildman–Crippen LogP) is -0.373. The van der Waals surface area contributed by atoms with Gasteiger partial charge < -0.3 is 25.2 Å². The molecule has 1 heterocycles. The van der Waals surface area contributed by atoms with E-state index in [1.54, 1.807) is 0 Å². The molecule has 1 aromatic carbocycles. The summed E-state index contributed by atoms with van der Waals surface area (Å²) in [7, 11) is 0. The smallest absolute Gasteiger partial charge is 0.335 e. The first-order chi connectivity index (χ1) is 9.86. The number of carboxylic acids is 1. The van der Waals surface area contributed by atoms with Gasteiger partial charge in [-0.3, -0.25) is 4.79 Å². The highest BCUT2D eigenvalue weighted by Gasteiger charge is 2.57. The molecule has 1 saturated heterocycles. The average Bonchev–Trinajstić information content (AvgIpc) is 2.68. The van der Waals surface area contributed by atoms with Gasteiger partial charge in [-0.1, -0.05) is 6.07 Å². The third-order valence-electron chi connectivity index (χ3n) is 4.17. The SMILES string of the molecule is O=C(O)c1ccc2c(c1)C(=O)CCC21OC(O)[C@H](O)[C@@H]1O. The molecular weight excluding hydrogens is 280 g/mol. The zero-order chi connectivity index (χ0) is 15.4. The number of ether oxygens (including phenoxy) is 1. The molecule has 1 fully saturated rings. The molecule has 0 aromatic heterocycles. The highest BCUT2D eigenvalue weighted by atomic mass is 16.7. The van der Waals surface area contributed by atoms with E-state index < -0.39 is 30.1 Å². The molecule has 1 spiro atoms. The van der Waals surface area contributed by atoms with E-state index in [4.69, 9.17) is 9.84 Å². The molecule has 1 aliphatic heterocycles. The number of ketones is 1. The molecule has 1 aliphatic carbocycles. The Labute approximate surface area is 119 Å². The second kappa shape index (κ2) is 4.60. The number of carbonyl (C=O) groups excluding carboxylic acids is 1. The summed E-state index contributed by atoms with van der Waals surface area (Å²) in [5.74, 6) is -1.43. The highest BCUT2D eigenvalue weighted by molar-refractivity contribution is 6.01. The van der Waals surface area contributed by atoms with Crippen LogP contribution in [0.3, 0.4) is 0 Å². The number of rotatable bonds is 1. The molecule has 3 rings (SSSR count). The van der Waals surface area contributed by atoms with Crippen LogP contribution in [-0.4, -0.2) is 50.7 Å². The molecule has 112 valence electrons. The number of hydrogen-bond acceptors (Lipinski definition) is 6. The standard InChI is InChI=1S/C14H14O7/c15-9-3-4-14(11(17)10(16)13(20)21-14)8-2-1-6(12(18)19)5-7(8)9/h1-2,5,10-11,13,16-17,20H,3-4H2,(H,18,19)/t10-,11+,13?,14?/m1/s1. The van der Waals surface area contributed by atoms with E-state index >= 15 is 0 Å². The van der Waals surface area contributed by atoms with E-state index in [0.717, 1.165) is 0 Å². The number of benzene rings is 1. The molecule has 0 amide bonds. The van der Waals surface area contributed by atoms with Crippen LogP contribution in [-0.2, 0) is 10.3 Å². The van der Waals surface area contributed by atoms with Crippen molar-refractivity contribution >= 4 is 11.8 Å². The van der Waals surface area contributed by atoms with Crippen LogP contribution in [0.25, 0.3) is 0 Å². The first-order valence-corrected chi connectivity index (χ1v) is 6.50. The van der Waals surface area contributed by atoms with Crippen LogP contribution in [0, 0.1) is 0 Å². The molecule has 1 aromatic rings. The number of aliphatic hydroxyl groups excluding tert-OH is 3. The maximum absolute atomic E-state index is 12.0. The second-order valence-corrected chi connectivity index (χ2v) is 5.32. The lowest BCUT2D eigenvalue weighted by Gasteiger charge is -2.36. The van der Waals surface area contributed by atoms with E-state index in [0.29, 0.717) is 5.56 Å². The largest absolute Gasteiger partial charge is 0.478 e. The minimum atomic E-state index is -1.56. The van der Waals surface area contributed by atoms with Gasteiger partial charge in [0.25, 0.3) is 0 Å². The lowest BCUT2D eigenvalue weighted by molar-refractivity contribution is -0.169. The first-order valence-electron chi connectivity index (χ1n) is 6.50. The Morgan fingerprint density at radius 3 is 2.57 bits per heavy atom. The number of Topliss-reactive ketones (excluding diaryl/α,β-unsaturated/α-hetero) is 1. The molecule has 7 heteroatoms. The van der Waals surface area contributed by atoms with Crippen molar-refractivity contribution in [2.24, 2.45) is 0 Å². The number of carboxylic acid groups (broad SMARTS) is 1. The molecule has 4 atom stereocenters.